The minimum absolute atomic E-state index is 0.169. The molecule has 3 unspecified atom stereocenters. The highest BCUT2D eigenvalue weighted by molar-refractivity contribution is 5.69. The highest BCUT2D eigenvalue weighted by atomic mass is 19.4. The van der Waals surface area contributed by atoms with Gasteiger partial charge in [-0.2, -0.15) is 0 Å². The van der Waals surface area contributed by atoms with Gasteiger partial charge >= 0.3 is 6.36 Å². The molecule has 0 amide bonds. The monoisotopic (exact) mass is 421 g/mol. The number of aliphatic hydroxyl groups excluding tert-OH is 1. The number of aromatic nitrogens is 1. The zero-order valence-electron chi connectivity index (χ0n) is 16.4. The number of benzene rings is 1. The van der Waals surface area contributed by atoms with E-state index in [-0.39, 0.29) is 23.3 Å². The highest BCUT2D eigenvalue weighted by Gasteiger charge is 2.34. The quantitative estimate of drug-likeness (QED) is 0.602. The minimum atomic E-state index is -4.84. The van der Waals surface area contributed by atoms with Gasteiger partial charge < -0.3 is 20.1 Å². The van der Waals surface area contributed by atoms with Crippen LogP contribution in [0.5, 0.6) is 17.4 Å². The van der Waals surface area contributed by atoms with E-state index in [4.69, 9.17) is 0 Å². The smallest absolute Gasteiger partial charge is 0.507 e. The van der Waals surface area contributed by atoms with Crippen LogP contribution in [-0.2, 0) is 0 Å². The molecular weight excluding hydrogens is 399 g/mol. The second kappa shape index (κ2) is 8.02. The summed E-state index contributed by atoms with van der Waals surface area (Å²) in [6.07, 6.45) is -2.06. The fourth-order valence-electron chi connectivity index (χ4n) is 3.74. The van der Waals surface area contributed by atoms with Gasteiger partial charge in [0.2, 0.25) is 5.88 Å². The molecule has 30 heavy (non-hydrogen) atoms. The second-order valence-electron chi connectivity index (χ2n) is 7.50. The second-order valence-corrected chi connectivity index (χ2v) is 7.50. The summed E-state index contributed by atoms with van der Waals surface area (Å²) in [5.74, 6) is -1.50. The molecule has 0 saturated carbocycles. The Balaban J connectivity index is 1.97. The number of alkyl halides is 3. The number of phenols is 2. The van der Waals surface area contributed by atoms with Crippen molar-refractivity contribution >= 4 is 0 Å². The van der Waals surface area contributed by atoms with Crippen molar-refractivity contribution in [2.75, 3.05) is 0 Å². The number of halogens is 3. The summed E-state index contributed by atoms with van der Waals surface area (Å²) in [6, 6.07) is 5.23. The number of hydrogen-bond donors (Lipinski definition) is 3. The molecule has 0 radical (unpaired) electrons. The van der Waals surface area contributed by atoms with Crippen LogP contribution in [0.4, 0.5) is 13.2 Å². The lowest BCUT2D eigenvalue weighted by molar-refractivity contribution is -0.276. The summed E-state index contributed by atoms with van der Waals surface area (Å²) < 4.78 is 40.6. The molecule has 0 saturated heterocycles. The van der Waals surface area contributed by atoms with Crippen LogP contribution in [0, 0.1) is 5.92 Å². The van der Waals surface area contributed by atoms with Gasteiger partial charge in [-0.3, -0.25) is 0 Å². The fraction of sp³-hybridized carbons (Fsp3) is 0.318. The van der Waals surface area contributed by atoms with Crippen LogP contribution >= 0.6 is 0 Å². The number of pyridine rings is 1. The summed E-state index contributed by atoms with van der Waals surface area (Å²) in [5.41, 5.74) is 2.63. The lowest BCUT2D eigenvalue weighted by Crippen LogP contribution is -2.26. The summed E-state index contributed by atoms with van der Waals surface area (Å²) in [7, 11) is 0. The molecule has 1 heterocycles. The van der Waals surface area contributed by atoms with Crippen molar-refractivity contribution in [2.45, 2.75) is 38.7 Å². The van der Waals surface area contributed by atoms with E-state index in [2.05, 4.69) is 16.3 Å². The Hall–Kier alpha value is -3.00. The molecule has 1 aromatic carbocycles. The summed E-state index contributed by atoms with van der Waals surface area (Å²) >= 11 is 0. The predicted octanol–water partition coefficient (Wildman–Crippen LogP) is 5.05. The van der Waals surface area contributed by atoms with E-state index in [1.165, 1.54) is 18.2 Å². The lowest BCUT2D eigenvalue weighted by Gasteiger charge is -2.34. The third-order valence-corrected chi connectivity index (χ3v) is 5.27. The van der Waals surface area contributed by atoms with Gasteiger partial charge in [-0.1, -0.05) is 18.2 Å². The Labute approximate surface area is 171 Å². The molecule has 0 spiro atoms. The largest absolute Gasteiger partial charge is 0.574 e. The van der Waals surface area contributed by atoms with Crippen LogP contribution in [0.15, 0.2) is 54.3 Å². The van der Waals surface area contributed by atoms with E-state index in [0.717, 1.165) is 23.4 Å². The number of ether oxygens (including phenoxy) is 1. The predicted molar refractivity (Wildman–Crippen MR) is 105 cm³/mol. The molecule has 8 heteroatoms. The Bertz CT molecular complexity index is 960. The maximum atomic E-state index is 12.3. The highest BCUT2D eigenvalue weighted by Crippen LogP contribution is 2.47. The Morgan fingerprint density at radius 1 is 1.17 bits per heavy atom. The van der Waals surface area contributed by atoms with Crippen LogP contribution in [0.25, 0.3) is 11.1 Å². The third kappa shape index (κ3) is 4.59. The molecule has 1 aliphatic rings. The molecule has 160 valence electrons. The molecule has 5 nitrogen and oxygen atoms in total. The Kier molecular flexibility index (Phi) is 5.81. The van der Waals surface area contributed by atoms with E-state index in [1.54, 1.807) is 6.92 Å². The van der Waals surface area contributed by atoms with Crippen molar-refractivity contribution in [3.63, 3.8) is 0 Å². The zero-order chi connectivity index (χ0) is 22.2. The molecule has 3 atom stereocenters. The molecule has 1 aromatic heterocycles. The van der Waals surface area contributed by atoms with E-state index in [1.807, 2.05) is 13.0 Å². The van der Waals surface area contributed by atoms with Gasteiger partial charge in [0.05, 0.1) is 6.10 Å². The lowest BCUT2D eigenvalue weighted by atomic mass is 9.72. The van der Waals surface area contributed by atoms with Gasteiger partial charge in [0.25, 0.3) is 0 Å². The van der Waals surface area contributed by atoms with E-state index in [0.29, 0.717) is 23.1 Å². The zero-order valence-corrected chi connectivity index (χ0v) is 16.4. The van der Waals surface area contributed by atoms with Gasteiger partial charge in [0, 0.05) is 29.3 Å². The van der Waals surface area contributed by atoms with E-state index < -0.39 is 18.3 Å². The first-order chi connectivity index (χ1) is 14.0. The number of allylic oxidation sites excluding steroid dienone is 2. The molecule has 0 bridgehead atoms. The number of aliphatic hydroxyl groups is 1. The summed E-state index contributed by atoms with van der Waals surface area (Å²) in [6.45, 7) is 7.58. The summed E-state index contributed by atoms with van der Waals surface area (Å²) in [5, 5.41) is 31.5. The fourth-order valence-corrected chi connectivity index (χ4v) is 3.74. The first-order valence-electron chi connectivity index (χ1n) is 9.26. The maximum Gasteiger partial charge on any atom is 0.574 e. The van der Waals surface area contributed by atoms with Crippen LogP contribution in [0.3, 0.4) is 0 Å². The van der Waals surface area contributed by atoms with Crippen LogP contribution in [0.1, 0.15) is 31.7 Å². The molecule has 0 aliphatic heterocycles. The first-order valence-corrected chi connectivity index (χ1v) is 9.26. The average molecular weight is 421 g/mol. The average Bonchev–Trinajstić information content (AvgIpc) is 2.62. The molecule has 3 rings (SSSR count). The van der Waals surface area contributed by atoms with Crippen molar-refractivity contribution in [1.82, 2.24) is 4.98 Å². The van der Waals surface area contributed by atoms with E-state index >= 15 is 0 Å². The first kappa shape index (κ1) is 21.7. The number of aromatic hydroxyl groups is 2. The molecule has 3 N–H and O–H groups in total. The van der Waals surface area contributed by atoms with Crippen LogP contribution in [0.2, 0.25) is 0 Å². The van der Waals surface area contributed by atoms with Crippen LogP contribution < -0.4 is 4.74 Å². The van der Waals surface area contributed by atoms with Gasteiger partial charge in [-0.15, -0.1) is 13.2 Å². The standard InChI is InChI=1S/C22H22F3NO4/c1-11(2)15-9-17(27)12(3)6-16(15)21-18(28)7-14(8-19(21)29)13-4-5-20(26-10-13)30-22(23,24)25/h4-8,10,15-17,27-29H,1,9H2,2-3H3. The SMILES string of the molecule is C=C(C)C1CC(O)C(C)=CC1c1c(O)cc(-c2ccc(OC(F)(F)F)nc2)cc1O. The molecule has 1 aliphatic carbocycles. The van der Waals surface area contributed by atoms with Crippen molar-refractivity contribution in [2.24, 2.45) is 5.92 Å². The van der Waals surface area contributed by atoms with Crippen LogP contribution in [-0.4, -0.2) is 32.8 Å². The van der Waals surface area contributed by atoms with Crippen molar-refractivity contribution in [1.29, 1.82) is 0 Å². The minimum Gasteiger partial charge on any atom is -0.507 e. The van der Waals surface area contributed by atoms with Crippen molar-refractivity contribution in [3.05, 3.63) is 59.8 Å². The Morgan fingerprint density at radius 3 is 2.30 bits per heavy atom. The number of phenolic OH excluding ortho intramolecular Hbond substituents is 2. The molecular formula is C22H22F3NO4. The molecule has 0 fully saturated rings. The number of hydrogen-bond acceptors (Lipinski definition) is 5. The maximum absolute atomic E-state index is 12.3. The van der Waals surface area contributed by atoms with E-state index in [9.17, 15) is 28.5 Å². The topological polar surface area (TPSA) is 82.8 Å². The third-order valence-electron chi connectivity index (χ3n) is 5.27. The van der Waals surface area contributed by atoms with Crippen molar-refractivity contribution < 1.29 is 33.2 Å². The Morgan fingerprint density at radius 2 is 1.80 bits per heavy atom. The van der Waals surface area contributed by atoms with Crippen molar-refractivity contribution in [3.8, 4) is 28.5 Å². The molecule has 2 aromatic rings. The normalized spacial score (nSPS) is 21.8. The number of rotatable bonds is 4. The number of nitrogens with zero attached hydrogens (tertiary/aromatic N) is 1. The van der Waals surface area contributed by atoms with Gasteiger partial charge in [0.1, 0.15) is 11.5 Å². The summed E-state index contributed by atoms with van der Waals surface area (Å²) in [4.78, 5) is 3.61. The van der Waals surface area contributed by atoms with Gasteiger partial charge in [-0.25, -0.2) is 4.98 Å². The van der Waals surface area contributed by atoms with Gasteiger partial charge in [0.15, 0.2) is 0 Å². The van der Waals surface area contributed by atoms with Gasteiger partial charge in [-0.05, 0) is 55.5 Å².